The van der Waals surface area contributed by atoms with Gasteiger partial charge in [0.25, 0.3) is 0 Å². The van der Waals surface area contributed by atoms with Gasteiger partial charge in [0.1, 0.15) is 12.6 Å². The zero-order valence-corrected chi connectivity index (χ0v) is 22.7. The van der Waals surface area contributed by atoms with Gasteiger partial charge in [0.15, 0.2) is 0 Å². The standard InChI is InChI=1S/C25H34BrN3O4S/c1-5-7-15-27-25(31)23(6-2)28(17-20-10-8-9-19(3)16-20)24(30)18-29(34(4,32)33)22-13-11-21(26)12-14-22/h8-14,16,23H,5-7,15,17-18H2,1-4H3,(H,27,31). The van der Waals surface area contributed by atoms with Gasteiger partial charge in [0.2, 0.25) is 21.8 Å². The topological polar surface area (TPSA) is 86.8 Å². The second-order valence-corrected chi connectivity index (χ2v) is 11.1. The van der Waals surface area contributed by atoms with Crippen molar-refractivity contribution in [1.82, 2.24) is 10.2 Å². The molecule has 2 aromatic carbocycles. The van der Waals surface area contributed by atoms with E-state index in [1.54, 1.807) is 24.3 Å². The maximum atomic E-state index is 13.6. The van der Waals surface area contributed by atoms with Gasteiger partial charge >= 0.3 is 0 Å². The molecule has 9 heteroatoms. The molecule has 0 aromatic heterocycles. The molecule has 2 rings (SSSR count). The minimum atomic E-state index is -3.74. The van der Waals surface area contributed by atoms with Gasteiger partial charge in [-0.05, 0) is 49.6 Å². The SMILES string of the molecule is CCCCNC(=O)C(CC)N(Cc1cccc(C)c1)C(=O)CN(c1ccc(Br)cc1)S(C)(=O)=O. The zero-order valence-electron chi connectivity index (χ0n) is 20.3. The molecule has 0 bridgehead atoms. The van der Waals surface area contributed by atoms with Crippen LogP contribution in [0.5, 0.6) is 0 Å². The predicted molar refractivity (Wildman–Crippen MR) is 140 cm³/mol. The number of unbranched alkanes of at least 4 members (excludes halogenated alkanes) is 1. The minimum Gasteiger partial charge on any atom is -0.354 e. The maximum absolute atomic E-state index is 13.6. The van der Waals surface area contributed by atoms with Crippen LogP contribution in [0.15, 0.2) is 53.0 Å². The van der Waals surface area contributed by atoms with E-state index in [4.69, 9.17) is 0 Å². The fourth-order valence-corrected chi connectivity index (χ4v) is 4.77. The van der Waals surface area contributed by atoms with Crippen LogP contribution >= 0.6 is 15.9 Å². The molecule has 2 aromatic rings. The molecule has 0 aliphatic heterocycles. The second kappa shape index (κ2) is 12.9. The third-order valence-corrected chi connectivity index (χ3v) is 7.11. The van der Waals surface area contributed by atoms with Gasteiger partial charge < -0.3 is 10.2 Å². The highest BCUT2D eigenvalue weighted by molar-refractivity contribution is 9.10. The van der Waals surface area contributed by atoms with Gasteiger partial charge in [-0.15, -0.1) is 0 Å². The number of aryl methyl sites for hydroxylation is 1. The van der Waals surface area contributed by atoms with E-state index in [1.807, 2.05) is 45.0 Å². The number of amides is 2. The van der Waals surface area contributed by atoms with E-state index in [-0.39, 0.29) is 12.5 Å². The molecule has 0 aliphatic carbocycles. The average molecular weight is 553 g/mol. The summed E-state index contributed by atoms with van der Waals surface area (Å²) in [5.74, 6) is -0.668. The summed E-state index contributed by atoms with van der Waals surface area (Å²) in [7, 11) is -3.74. The summed E-state index contributed by atoms with van der Waals surface area (Å²) in [4.78, 5) is 28.1. The number of hydrogen-bond donors (Lipinski definition) is 1. The number of carbonyl (C=O) groups excluding carboxylic acids is 2. The first kappa shape index (κ1) is 27.9. The average Bonchev–Trinajstić information content (AvgIpc) is 2.77. The monoisotopic (exact) mass is 551 g/mol. The highest BCUT2D eigenvalue weighted by Crippen LogP contribution is 2.22. The summed E-state index contributed by atoms with van der Waals surface area (Å²) in [6, 6.07) is 13.7. The number of rotatable bonds is 12. The minimum absolute atomic E-state index is 0.207. The Morgan fingerprint density at radius 3 is 2.32 bits per heavy atom. The Hall–Kier alpha value is -2.39. The van der Waals surface area contributed by atoms with E-state index < -0.39 is 28.5 Å². The van der Waals surface area contributed by atoms with Crippen LogP contribution in [-0.2, 0) is 26.2 Å². The molecule has 0 heterocycles. The van der Waals surface area contributed by atoms with Crippen LogP contribution in [0, 0.1) is 6.92 Å². The van der Waals surface area contributed by atoms with E-state index in [9.17, 15) is 18.0 Å². The van der Waals surface area contributed by atoms with Crippen molar-refractivity contribution in [2.24, 2.45) is 0 Å². The number of carbonyl (C=O) groups is 2. The van der Waals surface area contributed by atoms with Crippen LogP contribution in [0.3, 0.4) is 0 Å². The summed E-state index contributed by atoms with van der Waals surface area (Å²) in [5, 5.41) is 2.92. The molecule has 7 nitrogen and oxygen atoms in total. The third-order valence-electron chi connectivity index (χ3n) is 5.44. The van der Waals surface area contributed by atoms with Crippen molar-refractivity contribution >= 4 is 43.5 Å². The molecule has 186 valence electrons. The highest BCUT2D eigenvalue weighted by atomic mass is 79.9. The van der Waals surface area contributed by atoms with Crippen LogP contribution in [0.4, 0.5) is 5.69 Å². The maximum Gasteiger partial charge on any atom is 0.244 e. The molecule has 34 heavy (non-hydrogen) atoms. The highest BCUT2D eigenvalue weighted by Gasteiger charge is 2.31. The number of halogens is 1. The van der Waals surface area contributed by atoms with Crippen molar-refractivity contribution in [3.63, 3.8) is 0 Å². The number of hydrogen-bond acceptors (Lipinski definition) is 4. The number of benzene rings is 2. The van der Waals surface area contributed by atoms with Gasteiger partial charge in [0.05, 0.1) is 11.9 Å². The van der Waals surface area contributed by atoms with Crippen LogP contribution in [0.2, 0.25) is 0 Å². The summed E-state index contributed by atoms with van der Waals surface area (Å²) < 4.78 is 27.1. The fraction of sp³-hybridized carbons (Fsp3) is 0.440. The smallest absolute Gasteiger partial charge is 0.244 e. The lowest BCUT2D eigenvalue weighted by Gasteiger charge is -2.33. The molecule has 1 unspecified atom stereocenters. The molecule has 2 amide bonds. The van der Waals surface area contributed by atoms with Gasteiger partial charge in [0, 0.05) is 17.6 Å². The molecule has 0 spiro atoms. The molecule has 1 atom stereocenters. The van der Waals surface area contributed by atoms with E-state index in [2.05, 4.69) is 21.2 Å². The first-order valence-corrected chi connectivity index (χ1v) is 14.1. The Labute approximate surface area is 211 Å². The molecule has 0 saturated carbocycles. The molecular formula is C25H34BrN3O4S. The van der Waals surface area contributed by atoms with E-state index in [0.717, 1.165) is 39.0 Å². The Bertz CT molecular complexity index is 1070. The van der Waals surface area contributed by atoms with Crippen molar-refractivity contribution in [3.05, 3.63) is 64.1 Å². The van der Waals surface area contributed by atoms with Crippen LogP contribution < -0.4 is 9.62 Å². The normalized spacial score (nSPS) is 12.1. The molecule has 0 fully saturated rings. The fourth-order valence-electron chi connectivity index (χ4n) is 3.65. The lowest BCUT2D eigenvalue weighted by molar-refractivity contribution is -0.140. The van der Waals surface area contributed by atoms with Crippen LogP contribution in [-0.4, -0.2) is 50.5 Å². The zero-order chi connectivity index (χ0) is 25.3. The second-order valence-electron chi connectivity index (χ2n) is 8.33. The van der Waals surface area contributed by atoms with Crippen molar-refractivity contribution in [2.45, 2.75) is 52.6 Å². The largest absolute Gasteiger partial charge is 0.354 e. The summed E-state index contributed by atoms with van der Waals surface area (Å²) >= 11 is 3.34. The van der Waals surface area contributed by atoms with E-state index >= 15 is 0 Å². The van der Waals surface area contributed by atoms with Crippen molar-refractivity contribution in [2.75, 3.05) is 23.7 Å². The van der Waals surface area contributed by atoms with Gasteiger partial charge in [-0.3, -0.25) is 13.9 Å². The third kappa shape index (κ3) is 8.13. The molecule has 0 radical (unpaired) electrons. The summed E-state index contributed by atoms with van der Waals surface area (Å²) in [6.07, 6.45) is 3.27. The number of sulfonamides is 1. The van der Waals surface area contributed by atoms with Crippen LogP contribution in [0.1, 0.15) is 44.2 Å². The molecule has 1 N–H and O–H groups in total. The molecular weight excluding hydrogens is 518 g/mol. The number of nitrogens with one attached hydrogen (secondary N) is 1. The van der Waals surface area contributed by atoms with Crippen molar-refractivity contribution in [1.29, 1.82) is 0 Å². The van der Waals surface area contributed by atoms with Crippen LogP contribution in [0.25, 0.3) is 0 Å². The Morgan fingerprint density at radius 1 is 1.09 bits per heavy atom. The number of nitrogens with zero attached hydrogens (tertiary/aromatic N) is 2. The lowest BCUT2D eigenvalue weighted by Crippen LogP contribution is -2.52. The molecule has 0 aliphatic rings. The summed E-state index contributed by atoms with van der Waals surface area (Å²) in [5.41, 5.74) is 2.30. The van der Waals surface area contributed by atoms with Gasteiger partial charge in [-0.2, -0.15) is 0 Å². The Balaban J connectivity index is 2.39. The van der Waals surface area contributed by atoms with Gasteiger partial charge in [-0.25, -0.2) is 8.42 Å². The first-order chi connectivity index (χ1) is 16.1. The Morgan fingerprint density at radius 2 is 1.76 bits per heavy atom. The predicted octanol–water partition coefficient (Wildman–Crippen LogP) is 4.25. The Kier molecular flexibility index (Phi) is 10.6. The number of anilines is 1. The van der Waals surface area contributed by atoms with Crippen molar-refractivity contribution < 1.29 is 18.0 Å². The lowest BCUT2D eigenvalue weighted by atomic mass is 10.1. The first-order valence-electron chi connectivity index (χ1n) is 11.4. The summed E-state index contributed by atoms with van der Waals surface area (Å²) in [6.45, 7) is 6.20. The van der Waals surface area contributed by atoms with E-state index in [0.29, 0.717) is 18.7 Å². The van der Waals surface area contributed by atoms with E-state index in [1.165, 1.54) is 4.90 Å². The molecule has 0 saturated heterocycles. The quantitative estimate of drug-likeness (QED) is 0.399. The van der Waals surface area contributed by atoms with Crippen molar-refractivity contribution in [3.8, 4) is 0 Å². The van der Waals surface area contributed by atoms with Gasteiger partial charge in [-0.1, -0.05) is 66.0 Å².